The van der Waals surface area contributed by atoms with E-state index in [1.54, 1.807) is 19.1 Å². The molecule has 0 amide bonds. The molecule has 0 spiro atoms. The third kappa shape index (κ3) is 6.57. The number of hydrogen-bond acceptors (Lipinski definition) is 5. The number of aryl methyl sites for hydroxylation is 1. The Morgan fingerprint density at radius 1 is 1.09 bits per heavy atom. The number of pyridine rings is 1. The molecule has 0 fully saturated rings. The first-order valence-electron chi connectivity index (χ1n) is 14.1. The maximum absolute atomic E-state index is 14.1. The van der Waals surface area contributed by atoms with Crippen molar-refractivity contribution >= 4 is 32.3 Å². The van der Waals surface area contributed by atoms with Gasteiger partial charge in [0.25, 0.3) is 0 Å². The Labute approximate surface area is 262 Å². The zero-order valence-corrected chi connectivity index (χ0v) is 26.5. The summed E-state index contributed by atoms with van der Waals surface area (Å²) in [5, 5.41) is 4.73. The zero-order valence-electron chi connectivity index (χ0n) is 24.9. The van der Waals surface area contributed by atoms with Gasteiger partial charge in [-0.1, -0.05) is 23.6 Å². The molecule has 238 valence electrons. The van der Waals surface area contributed by atoms with E-state index in [2.05, 4.69) is 16.9 Å². The Hall–Kier alpha value is -3.53. The number of aromatic nitrogens is 3. The van der Waals surface area contributed by atoms with Crippen molar-refractivity contribution in [3.8, 4) is 23.0 Å². The van der Waals surface area contributed by atoms with Crippen LogP contribution >= 0.6 is 11.6 Å². The fourth-order valence-corrected chi connectivity index (χ4v) is 6.20. The van der Waals surface area contributed by atoms with Crippen molar-refractivity contribution in [3.63, 3.8) is 0 Å². The number of rotatable bonds is 6. The number of alkyl halides is 3. The van der Waals surface area contributed by atoms with Gasteiger partial charge in [-0.25, -0.2) is 22.2 Å². The van der Waals surface area contributed by atoms with Crippen molar-refractivity contribution in [2.45, 2.75) is 70.0 Å². The number of halogens is 6. The molecule has 1 atom stereocenters. The van der Waals surface area contributed by atoms with E-state index in [4.69, 9.17) is 22.3 Å². The molecule has 5 rings (SSSR count). The maximum atomic E-state index is 14.1. The molecule has 1 aliphatic carbocycles. The second-order valence-corrected chi connectivity index (χ2v) is 14.8. The molecule has 0 saturated heterocycles. The van der Waals surface area contributed by atoms with Gasteiger partial charge in [0, 0.05) is 28.8 Å². The largest absolute Gasteiger partial charge is 0.408 e. The van der Waals surface area contributed by atoms with Gasteiger partial charge >= 0.3 is 6.18 Å². The Morgan fingerprint density at radius 3 is 2.36 bits per heavy atom. The quantitative estimate of drug-likeness (QED) is 0.181. The fraction of sp³-hybridized carbons (Fsp3) is 0.375. The smallest absolute Gasteiger partial charge is 0.322 e. The average molecular weight is 665 g/mol. The molecule has 1 unspecified atom stereocenters. The highest BCUT2D eigenvalue weighted by Gasteiger charge is 2.33. The predicted octanol–water partition coefficient (Wildman–Crippen LogP) is 6.81. The predicted molar refractivity (Wildman–Crippen MR) is 164 cm³/mol. The molecule has 2 heterocycles. The van der Waals surface area contributed by atoms with Crippen LogP contribution in [0.4, 0.5) is 22.0 Å². The van der Waals surface area contributed by atoms with Crippen LogP contribution in [0.1, 0.15) is 60.1 Å². The number of nitrogens with zero attached hydrogens (tertiary/aromatic N) is 3. The van der Waals surface area contributed by atoms with Crippen LogP contribution in [0.25, 0.3) is 22.0 Å². The van der Waals surface area contributed by atoms with Gasteiger partial charge in [-0.2, -0.15) is 18.3 Å². The number of nitrogens with two attached hydrogens (primary N) is 1. The van der Waals surface area contributed by atoms with Crippen molar-refractivity contribution in [1.82, 2.24) is 14.8 Å². The summed E-state index contributed by atoms with van der Waals surface area (Å²) in [5.74, 6) is 4.17. The highest BCUT2D eigenvalue weighted by Crippen LogP contribution is 2.43. The minimum Gasteiger partial charge on any atom is -0.322 e. The summed E-state index contributed by atoms with van der Waals surface area (Å²) in [6, 6.07) is 5.22. The Morgan fingerprint density at radius 2 is 1.73 bits per heavy atom. The average Bonchev–Trinajstić information content (AvgIpc) is 3.51. The van der Waals surface area contributed by atoms with Gasteiger partial charge in [-0.3, -0.25) is 4.68 Å². The normalized spacial score (nSPS) is 14.4. The molecule has 45 heavy (non-hydrogen) atoms. The van der Waals surface area contributed by atoms with Crippen molar-refractivity contribution in [1.29, 1.82) is 0 Å². The van der Waals surface area contributed by atoms with E-state index >= 15 is 0 Å². The Balaban J connectivity index is 1.82. The molecular weight excluding hydrogens is 635 g/mol. The third-order valence-corrected chi connectivity index (χ3v) is 10.3. The van der Waals surface area contributed by atoms with Crippen molar-refractivity contribution < 1.29 is 30.4 Å². The molecular formula is C32H30ClF5N4O2S. The van der Waals surface area contributed by atoms with E-state index in [0.29, 0.717) is 47.2 Å². The first-order chi connectivity index (χ1) is 20.9. The van der Waals surface area contributed by atoms with Gasteiger partial charge in [-0.05, 0) is 87.3 Å². The van der Waals surface area contributed by atoms with Gasteiger partial charge in [0.1, 0.15) is 28.6 Å². The van der Waals surface area contributed by atoms with E-state index in [9.17, 15) is 30.4 Å². The summed E-state index contributed by atoms with van der Waals surface area (Å²) >= 11 is 6.50. The van der Waals surface area contributed by atoms with Gasteiger partial charge < -0.3 is 5.73 Å². The molecule has 0 bridgehead atoms. The lowest BCUT2D eigenvalue weighted by Gasteiger charge is -2.22. The highest BCUT2D eigenvalue weighted by molar-refractivity contribution is 7.92. The first-order valence-corrected chi connectivity index (χ1v) is 16.3. The van der Waals surface area contributed by atoms with Crippen LogP contribution in [0.15, 0.2) is 30.3 Å². The maximum Gasteiger partial charge on any atom is 0.408 e. The van der Waals surface area contributed by atoms with E-state index in [1.807, 2.05) is 0 Å². The lowest BCUT2D eigenvalue weighted by molar-refractivity contribution is -0.141. The standard InChI is InChI=1S/C32H30ClF5N4O2S/c1-17-27-24(33)9-8-23(30(27)42(41-17)16-32(36,37)38)28-22-7-5-6-21(22)26(10-11-31(2,3)45(4,43)44)40-29(28)25(39)14-18-12-19(34)15-20(35)13-18/h8-9,12-13,15,25H,5-7,14,16,39H2,1-4H3. The molecule has 0 radical (unpaired) electrons. The van der Waals surface area contributed by atoms with Crippen LogP contribution in [0, 0.1) is 30.4 Å². The number of sulfone groups is 1. The van der Waals surface area contributed by atoms with Gasteiger partial charge in [0.2, 0.25) is 0 Å². The lowest BCUT2D eigenvalue weighted by atomic mass is 9.89. The Kier molecular flexibility index (Phi) is 8.53. The molecule has 6 nitrogen and oxygen atoms in total. The minimum atomic E-state index is -4.59. The molecule has 2 aromatic heterocycles. The molecule has 2 aromatic carbocycles. The fourth-order valence-electron chi connectivity index (χ4n) is 5.68. The molecule has 0 aliphatic heterocycles. The summed E-state index contributed by atoms with van der Waals surface area (Å²) in [5.41, 5.74) is 10.3. The van der Waals surface area contributed by atoms with Crippen LogP contribution in [-0.4, -0.2) is 40.4 Å². The van der Waals surface area contributed by atoms with Crippen LogP contribution in [0.2, 0.25) is 5.02 Å². The molecule has 13 heteroatoms. The summed E-state index contributed by atoms with van der Waals surface area (Å²) in [4.78, 5) is 4.82. The zero-order chi connectivity index (χ0) is 33.1. The lowest BCUT2D eigenvalue weighted by Crippen LogP contribution is -2.28. The van der Waals surface area contributed by atoms with Crippen LogP contribution < -0.4 is 5.73 Å². The minimum absolute atomic E-state index is 0.0628. The SMILES string of the molecule is Cc1nn(CC(F)(F)F)c2c(-c3c(C(N)Cc4cc(F)cc(F)c4)nc(C#CC(C)(C)S(C)(=O)=O)c4c3CCC4)ccc(Cl)c12. The van der Waals surface area contributed by atoms with E-state index < -0.39 is 45.0 Å². The molecule has 0 saturated carbocycles. The van der Waals surface area contributed by atoms with E-state index in [0.717, 1.165) is 40.3 Å². The van der Waals surface area contributed by atoms with Gasteiger partial charge in [0.05, 0.1) is 28.0 Å². The Bertz CT molecular complexity index is 1990. The second-order valence-electron chi connectivity index (χ2n) is 11.8. The van der Waals surface area contributed by atoms with E-state index in [-0.39, 0.29) is 28.2 Å². The second kappa shape index (κ2) is 11.7. The van der Waals surface area contributed by atoms with Crippen molar-refractivity contribution in [2.75, 3.05) is 6.26 Å². The third-order valence-electron chi connectivity index (χ3n) is 8.05. The monoisotopic (exact) mass is 664 g/mol. The van der Waals surface area contributed by atoms with E-state index in [1.165, 1.54) is 13.8 Å². The van der Waals surface area contributed by atoms with Crippen molar-refractivity contribution in [3.05, 3.63) is 80.8 Å². The van der Waals surface area contributed by atoms with Crippen molar-refractivity contribution in [2.24, 2.45) is 5.73 Å². The first kappa shape index (κ1) is 32.9. The summed E-state index contributed by atoms with van der Waals surface area (Å²) in [7, 11) is -3.57. The molecule has 1 aliphatic rings. The molecule has 4 aromatic rings. The molecule has 2 N–H and O–H groups in total. The summed E-state index contributed by atoms with van der Waals surface area (Å²) in [6.45, 7) is 3.16. The van der Waals surface area contributed by atoms with Crippen LogP contribution in [0.3, 0.4) is 0 Å². The van der Waals surface area contributed by atoms with Gasteiger partial charge in [0.15, 0.2) is 9.84 Å². The van der Waals surface area contributed by atoms with Crippen LogP contribution in [0.5, 0.6) is 0 Å². The highest BCUT2D eigenvalue weighted by atomic mass is 35.5. The van der Waals surface area contributed by atoms with Crippen LogP contribution in [-0.2, 0) is 35.6 Å². The van der Waals surface area contributed by atoms with Gasteiger partial charge in [-0.15, -0.1) is 0 Å². The number of hydrogen-bond donors (Lipinski definition) is 1. The number of benzene rings is 2. The summed E-state index contributed by atoms with van der Waals surface area (Å²) in [6.07, 6.45) is -1.83. The summed E-state index contributed by atoms with van der Waals surface area (Å²) < 4.78 is 93.5. The number of fused-ring (bicyclic) bond motifs is 2. The topological polar surface area (TPSA) is 90.9 Å².